The van der Waals surface area contributed by atoms with Gasteiger partial charge in [-0.3, -0.25) is 9.52 Å². The van der Waals surface area contributed by atoms with E-state index in [2.05, 4.69) is 4.72 Å². The molecule has 0 atom stereocenters. The number of sulfonamides is 1. The van der Waals surface area contributed by atoms with Gasteiger partial charge in [-0.15, -0.1) is 0 Å². The van der Waals surface area contributed by atoms with Crippen LogP contribution in [0.3, 0.4) is 0 Å². The minimum absolute atomic E-state index is 0.0544. The Morgan fingerprint density at radius 2 is 1.59 bits per heavy atom. The van der Waals surface area contributed by atoms with Crippen molar-refractivity contribution in [3.05, 3.63) is 48.0 Å². The van der Waals surface area contributed by atoms with Crippen LogP contribution in [0.25, 0.3) is 0 Å². The van der Waals surface area contributed by atoms with Gasteiger partial charge < -0.3 is 14.4 Å². The zero-order chi connectivity index (χ0) is 20.3. The minimum atomic E-state index is -3.90. The van der Waals surface area contributed by atoms with Gasteiger partial charge in [0, 0.05) is 19.2 Å². The number of amides is 1. The summed E-state index contributed by atoms with van der Waals surface area (Å²) in [5.74, 6) is 0.771. The Morgan fingerprint density at radius 3 is 2.34 bits per heavy atom. The molecule has 2 heterocycles. The third kappa shape index (κ3) is 4.32. The summed E-state index contributed by atoms with van der Waals surface area (Å²) in [6, 6.07) is 11.2. The van der Waals surface area contributed by atoms with E-state index in [1.807, 2.05) is 4.90 Å². The van der Waals surface area contributed by atoms with Crippen LogP contribution in [0.4, 0.5) is 5.69 Å². The number of anilines is 1. The first-order valence-corrected chi connectivity index (χ1v) is 11.3. The van der Waals surface area contributed by atoms with Gasteiger partial charge in [0.2, 0.25) is 0 Å². The van der Waals surface area contributed by atoms with Crippen LogP contribution >= 0.6 is 0 Å². The van der Waals surface area contributed by atoms with Crippen molar-refractivity contribution in [1.29, 1.82) is 0 Å². The normalized spacial score (nSPS) is 16.8. The SMILES string of the molecule is O=C(c1ccccc1NS(=O)(=O)c1ccc2c(c1)OCCO2)N1CCCCCC1. The monoisotopic (exact) mass is 416 g/mol. The highest BCUT2D eigenvalue weighted by Crippen LogP contribution is 2.33. The zero-order valence-corrected chi connectivity index (χ0v) is 16.9. The van der Waals surface area contributed by atoms with Crippen LogP contribution in [0.2, 0.25) is 0 Å². The molecule has 1 N–H and O–H groups in total. The van der Waals surface area contributed by atoms with Crippen molar-refractivity contribution in [2.24, 2.45) is 0 Å². The van der Waals surface area contributed by atoms with Crippen molar-refractivity contribution >= 4 is 21.6 Å². The van der Waals surface area contributed by atoms with Crippen LogP contribution in [0.15, 0.2) is 47.4 Å². The maximum Gasteiger partial charge on any atom is 0.262 e. The summed E-state index contributed by atoms with van der Waals surface area (Å²) in [5, 5.41) is 0. The Bertz CT molecular complexity index is 998. The number of benzene rings is 2. The van der Waals surface area contributed by atoms with Gasteiger partial charge in [-0.05, 0) is 37.1 Å². The van der Waals surface area contributed by atoms with Crippen molar-refractivity contribution in [3.8, 4) is 11.5 Å². The molecule has 2 aliphatic heterocycles. The van der Waals surface area contributed by atoms with Crippen LogP contribution in [-0.2, 0) is 10.0 Å². The van der Waals surface area contributed by atoms with Crippen LogP contribution in [0.1, 0.15) is 36.0 Å². The summed E-state index contributed by atoms with van der Waals surface area (Å²) in [6.45, 7) is 2.20. The quantitative estimate of drug-likeness (QED) is 0.827. The maximum atomic E-state index is 13.0. The number of carbonyl (C=O) groups is 1. The number of likely N-dealkylation sites (tertiary alicyclic amines) is 1. The highest BCUT2D eigenvalue weighted by atomic mass is 32.2. The van der Waals surface area contributed by atoms with Gasteiger partial charge in [-0.25, -0.2) is 8.42 Å². The number of fused-ring (bicyclic) bond motifs is 1. The fraction of sp³-hybridized carbons (Fsp3) is 0.381. The number of carbonyl (C=O) groups excluding carboxylic acids is 1. The lowest BCUT2D eigenvalue weighted by Crippen LogP contribution is -2.32. The average molecular weight is 416 g/mol. The molecule has 0 bridgehead atoms. The second-order valence-corrected chi connectivity index (χ2v) is 8.85. The molecule has 0 spiro atoms. The predicted octanol–water partition coefficient (Wildman–Crippen LogP) is 3.27. The molecule has 2 aromatic rings. The Morgan fingerprint density at radius 1 is 0.897 bits per heavy atom. The van der Waals surface area contributed by atoms with E-state index in [4.69, 9.17) is 9.47 Å². The first-order chi connectivity index (χ1) is 14.0. The van der Waals surface area contributed by atoms with E-state index < -0.39 is 10.0 Å². The van der Waals surface area contributed by atoms with Gasteiger partial charge in [-0.1, -0.05) is 25.0 Å². The molecule has 2 aromatic carbocycles. The fourth-order valence-electron chi connectivity index (χ4n) is 3.60. The van der Waals surface area contributed by atoms with E-state index in [1.54, 1.807) is 30.3 Å². The van der Waals surface area contributed by atoms with E-state index in [0.717, 1.165) is 25.7 Å². The molecule has 0 saturated carbocycles. The molecule has 1 fully saturated rings. The number of hydrogen-bond acceptors (Lipinski definition) is 5. The molecular weight excluding hydrogens is 392 g/mol. The molecule has 8 heteroatoms. The number of rotatable bonds is 4. The smallest absolute Gasteiger partial charge is 0.262 e. The van der Waals surface area contributed by atoms with Gasteiger partial charge in [0.1, 0.15) is 13.2 Å². The third-order valence-corrected chi connectivity index (χ3v) is 6.48. The molecule has 0 aromatic heterocycles. The molecule has 154 valence electrons. The molecule has 7 nitrogen and oxygen atoms in total. The largest absolute Gasteiger partial charge is 0.486 e. The molecular formula is C21H24N2O5S. The van der Waals surface area contributed by atoms with E-state index in [-0.39, 0.29) is 16.5 Å². The number of hydrogen-bond donors (Lipinski definition) is 1. The Kier molecular flexibility index (Phi) is 5.62. The van der Waals surface area contributed by atoms with E-state index in [9.17, 15) is 13.2 Å². The van der Waals surface area contributed by atoms with Gasteiger partial charge in [-0.2, -0.15) is 0 Å². The first kappa shape index (κ1) is 19.6. The lowest BCUT2D eigenvalue weighted by Gasteiger charge is -2.22. The van der Waals surface area contributed by atoms with Crippen molar-refractivity contribution in [1.82, 2.24) is 4.90 Å². The second-order valence-electron chi connectivity index (χ2n) is 7.16. The Balaban J connectivity index is 1.60. The standard InChI is InChI=1S/C21H24N2O5S/c24-21(23-11-5-1-2-6-12-23)17-7-3-4-8-18(17)22-29(25,26)16-9-10-19-20(15-16)28-14-13-27-19/h3-4,7-10,15,22H,1-2,5-6,11-14H2. The lowest BCUT2D eigenvalue weighted by atomic mass is 10.1. The van der Waals surface area contributed by atoms with Crippen molar-refractivity contribution in [3.63, 3.8) is 0 Å². The van der Waals surface area contributed by atoms with Crippen LogP contribution in [0, 0.1) is 0 Å². The van der Waals surface area contributed by atoms with Gasteiger partial charge in [0.25, 0.3) is 15.9 Å². The summed E-state index contributed by atoms with van der Waals surface area (Å²) in [4.78, 5) is 14.9. The first-order valence-electron chi connectivity index (χ1n) is 9.85. The number of ether oxygens (including phenoxy) is 2. The predicted molar refractivity (Wildman–Crippen MR) is 109 cm³/mol. The number of nitrogens with zero attached hydrogens (tertiary/aromatic N) is 1. The minimum Gasteiger partial charge on any atom is -0.486 e. The van der Waals surface area contributed by atoms with Crippen LogP contribution < -0.4 is 14.2 Å². The molecule has 1 amide bonds. The molecule has 0 radical (unpaired) electrons. The van der Waals surface area contributed by atoms with E-state index >= 15 is 0 Å². The maximum absolute atomic E-state index is 13.0. The Hall–Kier alpha value is -2.74. The van der Waals surface area contributed by atoms with Gasteiger partial charge >= 0.3 is 0 Å². The highest BCUT2D eigenvalue weighted by Gasteiger charge is 2.24. The highest BCUT2D eigenvalue weighted by molar-refractivity contribution is 7.92. The second kappa shape index (κ2) is 8.32. The average Bonchev–Trinajstić information content (AvgIpc) is 3.02. The van der Waals surface area contributed by atoms with E-state index in [0.29, 0.717) is 43.4 Å². The van der Waals surface area contributed by atoms with Crippen molar-refractivity contribution < 1.29 is 22.7 Å². The molecule has 29 heavy (non-hydrogen) atoms. The van der Waals surface area contributed by atoms with E-state index in [1.165, 1.54) is 12.1 Å². The lowest BCUT2D eigenvalue weighted by molar-refractivity contribution is 0.0762. The molecule has 2 aliphatic rings. The molecule has 0 unspecified atom stereocenters. The number of para-hydroxylation sites is 1. The van der Waals surface area contributed by atoms with Crippen molar-refractivity contribution in [2.45, 2.75) is 30.6 Å². The molecule has 1 saturated heterocycles. The van der Waals surface area contributed by atoms with Gasteiger partial charge in [0.05, 0.1) is 16.1 Å². The molecule has 0 aliphatic carbocycles. The van der Waals surface area contributed by atoms with Crippen molar-refractivity contribution in [2.75, 3.05) is 31.0 Å². The Labute approximate surface area is 170 Å². The molecule has 4 rings (SSSR count). The number of nitrogens with one attached hydrogen (secondary N) is 1. The summed E-state index contributed by atoms with van der Waals surface area (Å²) in [5.41, 5.74) is 0.632. The third-order valence-electron chi connectivity index (χ3n) is 5.12. The summed E-state index contributed by atoms with van der Waals surface area (Å²) in [6.07, 6.45) is 4.16. The van der Waals surface area contributed by atoms with Gasteiger partial charge in [0.15, 0.2) is 11.5 Å². The summed E-state index contributed by atoms with van der Waals surface area (Å²) in [7, 11) is -3.90. The summed E-state index contributed by atoms with van der Waals surface area (Å²) >= 11 is 0. The summed E-state index contributed by atoms with van der Waals surface area (Å²) < 4.78 is 39.4. The fourth-order valence-corrected chi connectivity index (χ4v) is 4.69. The zero-order valence-electron chi connectivity index (χ0n) is 16.1. The van der Waals surface area contributed by atoms with Crippen LogP contribution in [0.5, 0.6) is 11.5 Å². The van der Waals surface area contributed by atoms with Crippen LogP contribution in [-0.4, -0.2) is 45.5 Å². The topological polar surface area (TPSA) is 84.9 Å².